The van der Waals surface area contributed by atoms with Gasteiger partial charge in [0.25, 0.3) is 0 Å². The van der Waals surface area contributed by atoms with Crippen LogP contribution < -0.4 is 9.47 Å². The van der Waals surface area contributed by atoms with Crippen molar-refractivity contribution in [3.8, 4) is 11.5 Å². The molecule has 12 nitrogen and oxygen atoms in total. The zero-order valence-electron chi connectivity index (χ0n) is 21.5. The SMILES string of the molecule is CC(C)(c1ccc(O[C@H]2O[C@H](CO)[C@@H](O)[C@H](O)[C@@H]2O)cc1)c1ccc(O[C@H]2O[C@H](CO)[C@@H](O)[C@H](O)[C@@H]2O)cc1. The monoisotopic (exact) mass is 552 g/mol. The fourth-order valence-corrected chi connectivity index (χ4v) is 4.66. The third-order valence-corrected chi connectivity index (χ3v) is 7.35. The second-order valence-corrected chi connectivity index (χ2v) is 10.3. The minimum atomic E-state index is -1.54. The summed E-state index contributed by atoms with van der Waals surface area (Å²) < 4.78 is 22.1. The number of rotatable bonds is 8. The second-order valence-electron chi connectivity index (χ2n) is 10.3. The lowest BCUT2D eigenvalue weighted by Crippen LogP contribution is -2.60. The molecule has 216 valence electrons. The summed E-state index contributed by atoms with van der Waals surface area (Å²) in [6, 6.07) is 14.0. The van der Waals surface area contributed by atoms with Gasteiger partial charge < -0.3 is 59.8 Å². The maximum Gasteiger partial charge on any atom is 0.229 e. The van der Waals surface area contributed by atoms with Crippen LogP contribution in [0.25, 0.3) is 0 Å². The highest BCUT2D eigenvalue weighted by molar-refractivity contribution is 5.42. The molecule has 2 aliphatic heterocycles. The van der Waals surface area contributed by atoms with E-state index < -0.39 is 80.0 Å². The molecule has 0 bridgehead atoms. The van der Waals surface area contributed by atoms with E-state index in [-0.39, 0.29) is 0 Å². The summed E-state index contributed by atoms with van der Waals surface area (Å²) >= 11 is 0. The zero-order chi connectivity index (χ0) is 28.5. The first-order valence-electron chi connectivity index (χ1n) is 12.6. The molecule has 0 spiro atoms. The third-order valence-electron chi connectivity index (χ3n) is 7.35. The Morgan fingerprint density at radius 2 is 0.897 bits per heavy atom. The molecule has 2 fully saturated rings. The Morgan fingerprint density at radius 1 is 0.564 bits per heavy atom. The molecule has 39 heavy (non-hydrogen) atoms. The molecule has 10 atom stereocenters. The van der Waals surface area contributed by atoms with Crippen LogP contribution in [0.2, 0.25) is 0 Å². The smallest absolute Gasteiger partial charge is 0.229 e. The first-order valence-corrected chi connectivity index (χ1v) is 12.6. The summed E-state index contributed by atoms with van der Waals surface area (Å²) in [5.41, 5.74) is 1.38. The number of aliphatic hydroxyl groups excluding tert-OH is 8. The van der Waals surface area contributed by atoms with Gasteiger partial charge in [-0.1, -0.05) is 38.1 Å². The van der Waals surface area contributed by atoms with E-state index in [2.05, 4.69) is 0 Å². The molecule has 2 aromatic carbocycles. The van der Waals surface area contributed by atoms with Gasteiger partial charge in [0.15, 0.2) is 0 Å². The van der Waals surface area contributed by atoms with Crippen molar-refractivity contribution in [3.63, 3.8) is 0 Å². The maximum absolute atomic E-state index is 10.2. The van der Waals surface area contributed by atoms with E-state index in [0.29, 0.717) is 11.5 Å². The molecule has 4 rings (SSSR count). The summed E-state index contributed by atoms with van der Waals surface area (Å²) in [5, 5.41) is 78.9. The Morgan fingerprint density at radius 3 is 1.21 bits per heavy atom. The summed E-state index contributed by atoms with van der Waals surface area (Å²) in [5.74, 6) is 0.698. The molecule has 0 aromatic heterocycles. The van der Waals surface area contributed by atoms with Gasteiger partial charge in [0.2, 0.25) is 12.6 Å². The van der Waals surface area contributed by atoms with Gasteiger partial charge in [-0.2, -0.15) is 0 Å². The highest BCUT2D eigenvalue weighted by Crippen LogP contribution is 2.34. The van der Waals surface area contributed by atoms with E-state index in [1.807, 2.05) is 38.1 Å². The van der Waals surface area contributed by atoms with Crippen LogP contribution in [-0.4, -0.2) is 115 Å². The molecule has 0 amide bonds. The summed E-state index contributed by atoms with van der Waals surface area (Å²) in [7, 11) is 0. The van der Waals surface area contributed by atoms with Gasteiger partial charge in [0, 0.05) is 5.41 Å². The molecular formula is C27H36O12. The lowest BCUT2D eigenvalue weighted by molar-refractivity contribution is -0.277. The molecule has 0 unspecified atom stereocenters. The molecule has 12 heteroatoms. The Kier molecular flexibility index (Phi) is 9.13. The van der Waals surface area contributed by atoms with E-state index in [1.54, 1.807) is 24.3 Å². The predicted octanol–water partition coefficient (Wildman–Crippen LogP) is -1.63. The number of hydrogen-bond donors (Lipinski definition) is 8. The lowest BCUT2D eigenvalue weighted by atomic mass is 9.78. The van der Waals surface area contributed by atoms with Crippen LogP contribution in [0.5, 0.6) is 11.5 Å². The van der Waals surface area contributed by atoms with E-state index in [1.165, 1.54) is 0 Å². The molecule has 2 aliphatic rings. The van der Waals surface area contributed by atoms with Gasteiger partial charge >= 0.3 is 0 Å². The van der Waals surface area contributed by atoms with Crippen LogP contribution in [-0.2, 0) is 14.9 Å². The van der Waals surface area contributed by atoms with Crippen molar-refractivity contribution >= 4 is 0 Å². The van der Waals surface area contributed by atoms with E-state index >= 15 is 0 Å². The van der Waals surface area contributed by atoms with Gasteiger partial charge in [0.05, 0.1) is 13.2 Å². The van der Waals surface area contributed by atoms with Crippen molar-refractivity contribution in [2.24, 2.45) is 0 Å². The quantitative estimate of drug-likeness (QED) is 0.186. The van der Waals surface area contributed by atoms with Crippen molar-refractivity contribution in [1.82, 2.24) is 0 Å². The molecule has 0 aliphatic carbocycles. The van der Waals surface area contributed by atoms with E-state index in [0.717, 1.165) is 11.1 Å². The van der Waals surface area contributed by atoms with Crippen LogP contribution in [0.15, 0.2) is 48.5 Å². The van der Waals surface area contributed by atoms with Crippen LogP contribution in [0.3, 0.4) is 0 Å². The molecule has 2 aromatic rings. The number of benzene rings is 2. The highest BCUT2D eigenvalue weighted by Gasteiger charge is 2.45. The topological polar surface area (TPSA) is 199 Å². The Bertz CT molecular complexity index is 974. The van der Waals surface area contributed by atoms with Gasteiger partial charge in [-0.25, -0.2) is 0 Å². The second kappa shape index (κ2) is 12.0. The fourth-order valence-electron chi connectivity index (χ4n) is 4.66. The highest BCUT2D eigenvalue weighted by atomic mass is 16.7. The van der Waals surface area contributed by atoms with Crippen molar-refractivity contribution in [3.05, 3.63) is 59.7 Å². The molecule has 2 saturated heterocycles. The van der Waals surface area contributed by atoms with Gasteiger partial charge in [-0.3, -0.25) is 0 Å². The van der Waals surface area contributed by atoms with Crippen molar-refractivity contribution in [1.29, 1.82) is 0 Å². The Labute approximate surface area is 225 Å². The van der Waals surface area contributed by atoms with Crippen molar-refractivity contribution in [2.75, 3.05) is 13.2 Å². The number of ether oxygens (including phenoxy) is 4. The normalized spacial score (nSPS) is 35.4. The Balaban J connectivity index is 1.42. The van der Waals surface area contributed by atoms with E-state index in [9.17, 15) is 40.9 Å². The van der Waals surface area contributed by atoms with Crippen LogP contribution >= 0.6 is 0 Å². The summed E-state index contributed by atoms with van der Waals surface area (Å²) in [6.07, 6.45) is -13.7. The van der Waals surface area contributed by atoms with E-state index in [4.69, 9.17) is 18.9 Å². The van der Waals surface area contributed by atoms with Crippen molar-refractivity contribution < 1.29 is 59.8 Å². The molecule has 0 saturated carbocycles. The first-order chi connectivity index (χ1) is 18.5. The summed E-state index contributed by atoms with van der Waals surface area (Å²) in [6.45, 7) is 2.91. The molecule has 0 radical (unpaired) electrons. The molecular weight excluding hydrogens is 516 g/mol. The van der Waals surface area contributed by atoms with Crippen LogP contribution in [0.1, 0.15) is 25.0 Å². The standard InChI is InChI=1S/C27H36O12/c1-27(2,13-3-7-15(8-4-13)36-25-23(34)21(32)19(30)17(11-28)38-25)14-5-9-16(10-6-14)37-26-24(35)22(33)20(31)18(12-29)39-26/h3-10,17-26,28-35H,11-12H2,1-2H3/t17-,18-,19-,20-,21+,22+,23+,24+,25+,26+/m1/s1. The minimum absolute atomic E-state index is 0.349. The maximum atomic E-state index is 10.2. The Hall–Kier alpha value is -2.36. The first kappa shape index (κ1) is 29.6. The minimum Gasteiger partial charge on any atom is -0.462 e. The van der Waals surface area contributed by atoms with Crippen molar-refractivity contribution in [2.45, 2.75) is 80.7 Å². The largest absolute Gasteiger partial charge is 0.462 e. The third kappa shape index (κ3) is 6.05. The van der Waals surface area contributed by atoms with Gasteiger partial charge in [0.1, 0.15) is 60.3 Å². The average molecular weight is 553 g/mol. The fraction of sp³-hybridized carbons (Fsp3) is 0.556. The van der Waals surface area contributed by atoms with Gasteiger partial charge in [-0.15, -0.1) is 0 Å². The lowest BCUT2D eigenvalue weighted by Gasteiger charge is -2.39. The predicted molar refractivity (Wildman–Crippen MR) is 134 cm³/mol. The van der Waals surface area contributed by atoms with Crippen LogP contribution in [0.4, 0.5) is 0 Å². The van der Waals surface area contributed by atoms with Crippen LogP contribution in [0, 0.1) is 0 Å². The number of aliphatic hydroxyl groups is 8. The van der Waals surface area contributed by atoms with Gasteiger partial charge in [-0.05, 0) is 35.4 Å². The molecule has 8 N–H and O–H groups in total. The average Bonchev–Trinajstić information content (AvgIpc) is 2.94. The molecule has 2 heterocycles. The summed E-state index contributed by atoms with van der Waals surface area (Å²) in [4.78, 5) is 0. The zero-order valence-corrected chi connectivity index (χ0v) is 21.5. The number of hydrogen-bond acceptors (Lipinski definition) is 12.